The molecule has 0 bridgehead atoms. The van der Waals surface area contributed by atoms with Gasteiger partial charge in [-0.25, -0.2) is 4.98 Å². The van der Waals surface area contributed by atoms with E-state index in [-0.39, 0.29) is 0 Å². The zero-order valence-electron chi connectivity index (χ0n) is 13.1. The molecule has 1 aromatic heterocycles. The van der Waals surface area contributed by atoms with Crippen molar-refractivity contribution in [2.75, 3.05) is 20.1 Å². The molecule has 0 aliphatic rings. The van der Waals surface area contributed by atoms with Crippen LogP contribution in [0.15, 0.2) is 41.7 Å². The van der Waals surface area contributed by atoms with E-state index in [2.05, 4.69) is 43.0 Å². The lowest BCUT2D eigenvalue weighted by Crippen LogP contribution is -2.32. The molecular weight excluding hydrogens is 290 g/mol. The fourth-order valence-corrected chi connectivity index (χ4v) is 2.14. The predicted octanol–water partition coefficient (Wildman–Crippen LogP) is 0.736. The molecule has 0 aliphatic carbocycles. The molecule has 0 amide bonds. The van der Waals surface area contributed by atoms with Crippen LogP contribution < -0.4 is 16.0 Å². The minimum atomic E-state index is 0.471. The molecule has 0 saturated heterocycles. The molecule has 0 aliphatic heterocycles. The first kappa shape index (κ1) is 16.5. The van der Waals surface area contributed by atoms with Crippen LogP contribution in [-0.2, 0) is 13.0 Å². The van der Waals surface area contributed by atoms with Crippen LogP contribution in [0.2, 0.25) is 0 Å². The summed E-state index contributed by atoms with van der Waals surface area (Å²) in [4.78, 5) is 11.8. The number of aliphatic imine (C=N–C) groups is 1. The molecule has 0 unspecified atom stereocenters. The second-order valence-electron chi connectivity index (χ2n) is 4.88. The Kier molecular flexibility index (Phi) is 6.63. The monoisotopic (exact) mass is 311 g/mol. The van der Waals surface area contributed by atoms with Crippen molar-refractivity contribution in [3.63, 3.8) is 0 Å². The largest absolute Gasteiger partial charge is 0.359 e. The van der Waals surface area contributed by atoms with Crippen molar-refractivity contribution in [1.29, 1.82) is 5.26 Å². The lowest BCUT2D eigenvalue weighted by molar-refractivity contribution is 0.679. The zero-order valence-corrected chi connectivity index (χ0v) is 13.1. The van der Waals surface area contributed by atoms with Crippen LogP contribution in [0.5, 0.6) is 0 Å². The van der Waals surface area contributed by atoms with Crippen LogP contribution in [-0.4, -0.2) is 36.1 Å². The normalized spacial score (nSPS) is 11.0. The maximum absolute atomic E-state index is 8.54. The first-order chi connectivity index (χ1) is 11.3. The van der Waals surface area contributed by atoms with Crippen LogP contribution in [0.3, 0.4) is 0 Å². The average molecular weight is 311 g/mol. The Labute approximate surface area is 135 Å². The average Bonchev–Trinajstić information content (AvgIpc) is 3.01. The number of nitrogens with zero attached hydrogens (tertiary/aromatic N) is 3. The van der Waals surface area contributed by atoms with E-state index >= 15 is 0 Å². The summed E-state index contributed by atoms with van der Waals surface area (Å²) in [5.41, 5.74) is 3.39. The summed E-state index contributed by atoms with van der Waals surface area (Å²) in [5.74, 6) is 0.471. The van der Waals surface area contributed by atoms with Gasteiger partial charge in [-0.15, -0.1) is 0 Å². The topological polar surface area (TPSA) is 101 Å². The Morgan fingerprint density at radius 3 is 2.91 bits per heavy atom. The van der Waals surface area contributed by atoms with Crippen molar-refractivity contribution >= 4 is 5.96 Å². The van der Waals surface area contributed by atoms with E-state index in [0.717, 1.165) is 17.8 Å². The number of rotatable bonds is 7. The third-order valence-corrected chi connectivity index (χ3v) is 3.29. The highest BCUT2D eigenvalue weighted by atomic mass is 15.2. The first-order valence-electron chi connectivity index (χ1n) is 7.46. The molecule has 0 atom stereocenters. The van der Waals surface area contributed by atoms with Gasteiger partial charge in [0.15, 0.2) is 6.19 Å². The van der Waals surface area contributed by atoms with Gasteiger partial charge in [-0.05, 0) is 5.56 Å². The van der Waals surface area contributed by atoms with E-state index in [0.29, 0.717) is 25.6 Å². The molecular formula is C16H21N7. The fourth-order valence-electron chi connectivity index (χ4n) is 2.14. The minimum absolute atomic E-state index is 0.471. The van der Waals surface area contributed by atoms with Gasteiger partial charge in [-0.3, -0.25) is 10.3 Å². The van der Waals surface area contributed by atoms with E-state index in [9.17, 15) is 0 Å². The van der Waals surface area contributed by atoms with Crippen molar-refractivity contribution < 1.29 is 0 Å². The molecule has 1 aromatic carbocycles. The number of nitrogens with one attached hydrogen (secondary N) is 4. The van der Waals surface area contributed by atoms with Crippen molar-refractivity contribution in [2.45, 2.75) is 13.0 Å². The van der Waals surface area contributed by atoms with E-state index in [4.69, 9.17) is 5.26 Å². The lowest BCUT2D eigenvalue weighted by Gasteiger charge is -2.05. The molecule has 1 heterocycles. The Morgan fingerprint density at radius 1 is 1.35 bits per heavy atom. The highest BCUT2D eigenvalue weighted by Crippen LogP contribution is 2.10. The molecule has 120 valence electrons. The van der Waals surface area contributed by atoms with Gasteiger partial charge in [0.1, 0.15) is 0 Å². The highest BCUT2D eigenvalue weighted by Gasteiger charge is 2.06. The molecule has 0 fully saturated rings. The zero-order chi connectivity index (χ0) is 16.3. The number of aromatic amines is 1. The smallest absolute Gasteiger partial charge is 0.204 e. The molecule has 0 saturated carbocycles. The summed E-state index contributed by atoms with van der Waals surface area (Å²) < 4.78 is 0. The second kappa shape index (κ2) is 9.23. The molecule has 0 spiro atoms. The number of aromatic nitrogens is 2. The molecule has 2 aromatic rings. The van der Waals surface area contributed by atoms with Gasteiger partial charge >= 0.3 is 0 Å². The van der Waals surface area contributed by atoms with Crippen molar-refractivity contribution in [3.05, 3.63) is 53.6 Å². The van der Waals surface area contributed by atoms with Gasteiger partial charge in [-0.2, -0.15) is 5.26 Å². The van der Waals surface area contributed by atoms with E-state index in [1.807, 2.05) is 24.4 Å². The Morgan fingerprint density at radius 2 is 2.17 bits per heavy atom. The lowest BCUT2D eigenvalue weighted by atomic mass is 10.1. The SMILES string of the molecule is CNC(=NCCNCc1nc[nH]c1Cc1ccccc1)NC#N. The van der Waals surface area contributed by atoms with Crippen molar-refractivity contribution in [1.82, 2.24) is 25.9 Å². The van der Waals surface area contributed by atoms with E-state index < -0.39 is 0 Å². The molecule has 2 rings (SSSR count). The van der Waals surface area contributed by atoms with Gasteiger partial charge < -0.3 is 15.6 Å². The fraction of sp³-hybridized carbons (Fsp3) is 0.312. The van der Waals surface area contributed by atoms with Crippen LogP contribution in [0, 0.1) is 11.5 Å². The summed E-state index contributed by atoms with van der Waals surface area (Å²) in [6, 6.07) is 10.3. The summed E-state index contributed by atoms with van der Waals surface area (Å²) >= 11 is 0. The summed E-state index contributed by atoms with van der Waals surface area (Å²) in [6.07, 6.45) is 4.40. The van der Waals surface area contributed by atoms with Crippen LogP contribution >= 0.6 is 0 Å². The minimum Gasteiger partial charge on any atom is -0.359 e. The van der Waals surface area contributed by atoms with E-state index in [1.54, 1.807) is 13.4 Å². The van der Waals surface area contributed by atoms with Gasteiger partial charge in [0, 0.05) is 32.3 Å². The summed E-state index contributed by atoms with van der Waals surface area (Å²) in [5, 5.41) is 17.1. The number of imidazole rings is 1. The summed E-state index contributed by atoms with van der Waals surface area (Å²) in [7, 11) is 1.72. The molecule has 7 nitrogen and oxygen atoms in total. The molecule has 4 N–H and O–H groups in total. The van der Waals surface area contributed by atoms with Crippen LogP contribution in [0.1, 0.15) is 17.0 Å². The van der Waals surface area contributed by atoms with Gasteiger partial charge in [-0.1, -0.05) is 30.3 Å². The third kappa shape index (κ3) is 5.45. The van der Waals surface area contributed by atoms with Crippen LogP contribution in [0.25, 0.3) is 0 Å². The Balaban J connectivity index is 1.79. The Hall–Kier alpha value is -2.85. The molecule has 0 radical (unpaired) electrons. The second-order valence-corrected chi connectivity index (χ2v) is 4.88. The summed E-state index contributed by atoms with van der Waals surface area (Å²) in [6.45, 7) is 1.96. The standard InChI is InChI=1S/C16H21N7/c1-18-16(21-11-17)20-8-7-19-10-15-14(22-12-23-15)9-13-5-3-2-4-6-13/h2-6,12,19H,7-10H2,1H3,(H,22,23)(H2,18,20,21). The van der Waals surface area contributed by atoms with Crippen LogP contribution in [0.4, 0.5) is 0 Å². The van der Waals surface area contributed by atoms with Crippen molar-refractivity contribution in [3.8, 4) is 6.19 Å². The third-order valence-electron chi connectivity index (χ3n) is 3.29. The quantitative estimate of drug-likeness (QED) is 0.199. The van der Waals surface area contributed by atoms with Gasteiger partial charge in [0.05, 0.1) is 18.6 Å². The van der Waals surface area contributed by atoms with Crippen molar-refractivity contribution in [2.24, 2.45) is 4.99 Å². The maximum Gasteiger partial charge on any atom is 0.204 e. The highest BCUT2D eigenvalue weighted by molar-refractivity contribution is 5.80. The number of H-pyrrole nitrogens is 1. The van der Waals surface area contributed by atoms with Gasteiger partial charge in [0.2, 0.25) is 5.96 Å². The van der Waals surface area contributed by atoms with Gasteiger partial charge in [0.25, 0.3) is 0 Å². The predicted molar refractivity (Wildman–Crippen MR) is 89.7 cm³/mol. The maximum atomic E-state index is 8.54. The number of benzene rings is 1. The number of guanidine groups is 1. The number of hydrogen-bond acceptors (Lipinski definition) is 4. The number of hydrogen-bond donors (Lipinski definition) is 4. The molecule has 7 heteroatoms. The molecule has 23 heavy (non-hydrogen) atoms. The number of nitriles is 1. The Bertz CT molecular complexity index is 655. The first-order valence-corrected chi connectivity index (χ1v) is 7.46. The van der Waals surface area contributed by atoms with E-state index in [1.165, 1.54) is 5.56 Å².